The number of rotatable bonds is 4. The summed E-state index contributed by atoms with van der Waals surface area (Å²) in [7, 11) is 3.18. The Bertz CT molecular complexity index is 474. The van der Waals surface area contributed by atoms with E-state index in [1.165, 1.54) is 0 Å². The van der Waals surface area contributed by atoms with Crippen molar-refractivity contribution in [2.45, 2.75) is 25.9 Å². The van der Waals surface area contributed by atoms with E-state index in [1.54, 1.807) is 26.4 Å². The molecule has 1 aliphatic heterocycles. The van der Waals surface area contributed by atoms with Crippen molar-refractivity contribution in [1.82, 2.24) is 0 Å². The number of oxime groups is 1. The smallest absolute Gasteiger partial charge is 0.141 e. The second-order valence-electron chi connectivity index (χ2n) is 4.06. The molecule has 0 bridgehead atoms. The molecule has 0 amide bonds. The maximum Gasteiger partial charge on any atom is 0.141 e. The van der Waals surface area contributed by atoms with E-state index >= 15 is 0 Å². The highest BCUT2D eigenvalue weighted by atomic mass is 35.5. The lowest BCUT2D eigenvalue weighted by atomic mass is 10.0. The van der Waals surface area contributed by atoms with Gasteiger partial charge < -0.3 is 14.3 Å². The Morgan fingerprint density at radius 1 is 1.33 bits per heavy atom. The van der Waals surface area contributed by atoms with Crippen molar-refractivity contribution in [3.63, 3.8) is 0 Å². The van der Waals surface area contributed by atoms with Crippen LogP contribution < -0.4 is 9.47 Å². The van der Waals surface area contributed by atoms with E-state index in [1.807, 2.05) is 0 Å². The fourth-order valence-corrected chi connectivity index (χ4v) is 2.13. The number of hydrogen-bond acceptors (Lipinski definition) is 4. The molecule has 98 valence electrons. The Balaban J connectivity index is 2.36. The molecule has 1 unspecified atom stereocenters. The summed E-state index contributed by atoms with van der Waals surface area (Å²) < 4.78 is 10.5. The van der Waals surface area contributed by atoms with E-state index in [2.05, 4.69) is 12.1 Å². The summed E-state index contributed by atoms with van der Waals surface area (Å²) in [6.45, 7) is 2.07. The molecular weight excluding hydrogens is 254 g/mol. The average molecular weight is 270 g/mol. The summed E-state index contributed by atoms with van der Waals surface area (Å²) in [5.41, 5.74) is 1.72. The molecule has 0 fully saturated rings. The SMILES string of the molecule is CCC1CC(c2cc(Cl)c(OC)cc2OC)=NO1. The molecule has 5 heteroatoms. The number of halogens is 1. The lowest BCUT2D eigenvalue weighted by Gasteiger charge is -2.11. The Morgan fingerprint density at radius 3 is 2.61 bits per heavy atom. The van der Waals surface area contributed by atoms with Gasteiger partial charge in [-0.15, -0.1) is 0 Å². The van der Waals surface area contributed by atoms with Crippen LogP contribution in [0.3, 0.4) is 0 Å². The van der Waals surface area contributed by atoms with Crippen molar-refractivity contribution < 1.29 is 14.3 Å². The van der Waals surface area contributed by atoms with E-state index in [9.17, 15) is 0 Å². The van der Waals surface area contributed by atoms with Crippen LogP contribution in [0.2, 0.25) is 5.02 Å². The van der Waals surface area contributed by atoms with Gasteiger partial charge in [-0.1, -0.05) is 23.7 Å². The highest BCUT2D eigenvalue weighted by molar-refractivity contribution is 6.32. The van der Waals surface area contributed by atoms with Crippen molar-refractivity contribution in [3.8, 4) is 11.5 Å². The minimum Gasteiger partial charge on any atom is -0.496 e. The van der Waals surface area contributed by atoms with Gasteiger partial charge in [-0.2, -0.15) is 0 Å². The molecule has 1 aromatic rings. The summed E-state index contributed by atoms with van der Waals surface area (Å²) in [4.78, 5) is 5.32. The number of nitrogens with zero attached hydrogens (tertiary/aromatic N) is 1. The summed E-state index contributed by atoms with van der Waals surface area (Å²) in [5.74, 6) is 1.28. The molecule has 0 aromatic heterocycles. The van der Waals surface area contributed by atoms with Crippen molar-refractivity contribution in [3.05, 3.63) is 22.7 Å². The largest absolute Gasteiger partial charge is 0.496 e. The summed E-state index contributed by atoms with van der Waals surface area (Å²) in [6, 6.07) is 3.57. The molecule has 2 rings (SSSR count). The molecule has 0 radical (unpaired) electrons. The van der Waals surface area contributed by atoms with Gasteiger partial charge in [0.15, 0.2) is 0 Å². The average Bonchev–Trinajstić information content (AvgIpc) is 2.87. The molecule has 1 aliphatic rings. The van der Waals surface area contributed by atoms with Crippen LogP contribution in [0.1, 0.15) is 25.3 Å². The normalized spacial score (nSPS) is 18.2. The number of methoxy groups -OCH3 is 2. The predicted octanol–water partition coefficient (Wildman–Crippen LogP) is 3.26. The molecule has 1 heterocycles. The maximum absolute atomic E-state index is 6.13. The van der Waals surface area contributed by atoms with Gasteiger partial charge in [0.25, 0.3) is 0 Å². The van der Waals surface area contributed by atoms with Gasteiger partial charge in [0.05, 0.1) is 25.0 Å². The fraction of sp³-hybridized carbons (Fsp3) is 0.462. The molecule has 1 atom stereocenters. The van der Waals surface area contributed by atoms with Crippen molar-refractivity contribution in [2.24, 2.45) is 5.16 Å². The second kappa shape index (κ2) is 5.48. The van der Waals surface area contributed by atoms with Gasteiger partial charge in [0, 0.05) is 18.1 Å². The standard InChI is InChI=1S/C13H16ClNO3/c1-4-8-5-11(15-18-8)9-6-10(14)13(17-3)7-12(9)16-2/h6-8H,4-5H2,1-3H3. The van der Waals surface area contributed by atoms with Crippen LogP contribution in [0.4, 0.5) is 0 Å². The minimum atomic E-state index is 0.144. The zero-order chi connectivity index (χ0) is 13.1. The van der Waals surface area contributed by atoms with E-state index in [0.717, 1.165) is 24.1 Å². The Hall–Kier alpha value is -1.42. The highest BCUT2D eigenvalue weighted by Gasteiger charge is 2.24. The van der Waals surface area contributed by atoms with Gasteiger partial charge in [-0.25, -0.2) is 0 Å². The zero-order valence-corrected chi connectivity index (χ0v) is 11.5. The minimum absolute atomic E-state index is 0.144. The summed E-state index contributed by atoms with van der Waals surface area (Å²) in [6.07, 6.45) is 1.85. The third-order valence-corrected chi connectivity index (χ3v) is 3.27. The molecule has 0 N–H and O–H groups in total. The highest BCUT2D eigenvalue weighted by Crippen LogP contribution is 2.34. The van der Waals surface area contributed by atoms with Crippen molar-refractivity contribution >= 4 is 17.3 Å². The number of benzene rings is 1. The van der Waals surface area contributed by atoms with Crippen LogP contribution in [0.5, 0.6) is 11.5 Å². The lowest BCUT2D eigenvalue weighted by Crippen LogP contribution is -2.08. The zero-order valence-electron chi connectivity index (χ0n) is 10.7. The van der Waals surface area contributed by atoms with E-state index in [0.29, 0.717) is 16.5 Å². The van der Waals surface area contributed by atoms with E-state index < -0.39 is 0 Å². The first-order valence-corrected chi connectivity index (χ1v) is 6.22. The molecule has 18 heavy (non-hydrogen) atoms. The fourth-order valence-electron chi connectivity index (χ4n) is 1.89. The third-order valence-electron chi connectivity index (χ3n) is 2.97. The first-order valence-electron chi connectivity index (χ1n) is 5.84. The Morgan fingerprint density at radius 2 is 2.06 bits per heavy atom. The summed E-state index contributed by atoms with van der Waals surface area (Å²) in [5, 5.41) is 4.64. The molecule has 1 aromatic carbocycles. The second-order valence-corrected chi connectivity index (χ2v) is 4.47. The first kappa shape index (κ1) is 13.0. The van der Waals surface area contributed by atoms with Crippen molar-refractivity contribution in [2.75, 3.05) is 14.2 Å². The first-order chi connectivity index (χ1) is 8.69. The van der Waals surface area contributed by atoms with Crippen LogP contribution in [0.25, 0.3) is 0 Å². The van der Waals surface area contributed by atoms with Crippen molar-refractivity contribution in [1.29, 1.82) is 0 Å². The number of ether oxygens (including phenoxy) is 2. The molecule has 0 saturated carbocycles. The van der Waals surface area contributed by atoms with Gasteiger partial charge in [0.1, 0.15) is 17.6 Å². The topological polar surface area (TPSA) is 40.0 Å². The van der Waals surface area contributed by atoms with Gasteiger partial charge in [-0.05, 0) is 12.5 Å². The summed E-state index contributed by atoms with van der Waals surface area (Å²) >= 11 is 6.13. The van der Waals surface area contributed by atoms with Gasteiger partial charge >= 0.3 is 0 Å². The van der Waals surface area contributed by atoms with Crippen LogP contribution in [0.15, 0.2) is 17.3 Å². The molecule has 0 saturated heterocycles. The predicted molar refractivity (Wildman–Crippen MR) is 70.9 cm³/mol. The van der Waals surface area contributed by atoms with Crippen LogP contribution in [-0.2, 0) is 4.84 Å². The molecule has 0 aliphatic carbocycles. The maximum atomic E-state index is 6.13. The number of hydrogen-bond donors (Lipinski definition) is 0. The monoisotopic (exact) mass is 269 g/mol. The molecular formula is C13H16ClNO3. The quantitative estimate of drug-likeness (QED) is 0.842. The molecule has 4 nitrogen and oxygen atoms in total. The van der Waals surface area contributed by atoms with E-state index in [-0.39, 0.29) is 6.10 Å². The van der Waals surface area contributed by atoms with Crippen LogP contribution in [0, 0.1) is 0 Å². The Kier molecular flexibility index (Phi) is 3.97. The van der Waals surface area contributed by atoms with Crippen LogP contribution >= 0.6 is 11.6 Å². The van der Waals surface area contributed by atoms with Gasteiger partial charge in [-0.3, -0.25) is 0 Å². The Labute approximate surface area is 111 Å². The van der Waals surface area contributed by atoms with Crippen LogP contribution in [-0.4, -0.2) is 26.0 Å². The van der Waals surface area contributed by atoms with Gasteiger partial charge in [0.2, 0.25) is 0 Å². The lowest BCUT2D eigenvalue weighted by molar-refractivity contribution is 0.0829. The third kappa shape index (κ3) is 2.38. The molecule has 0 spiro atoms. The van der Waals surface area contributed by atoms with E-state index in [4.69, 9.17) is 25.9 Å².